The van der Waals surface area contributed by atoms with Gasteiger partial charge >= 0.3 is 6.03 Å². The average Bonchev–Trinajstić information content (AvgIpc) is 3.04. The van der Waals surface area contributed by atoms with E-state index in [4.69, 9.17) is 9.47 Å². The summed E-state index contributed by atoms with van der Waals surface area (Å²) in [5, 5.41) is 4.82. The molecule has 0 radical (unpaired) electrons. The van der Waals surface area contributed by atoms with Crippen molar-refractivity contribution in [1.82, 2.24) is 10.2 Å². The standard InChI is InChI=1S/C23H23FIN3O5/c1-4-13(2)33-21-16(25)9-14(11-19(21)32-3)10-18-22(30)28(23(31)27-18)12-20(29)26-17-8-6-5-7-15(17)24/h5-11,13H,4,12H2,1-3H3,(H,26,29)(H,27,31)/b18-10+/t13-/m1/s1. The maximum atomic E-state index is 13.7. The summed E-state index contributed by atoms with van der Waals surface area (Å²) in [6, 6.07) is 8.36. The highest BCUT2D eigenvalue weighted by molar-refractivity contribution is 14.1. The molecule has 174 valence electrons. The summed E-state index contributed by atoms with van der Waals surface area (Å²) in [6.45, 7) is 3.41. The van der Waals surface area contributed by atoms with Crippen LogP contribution >= 0.6 is 22.6 Å². The zero-order valence-electron chi connectivity index (χ0n) is 18.3. The van der Waals surface area contributed by atoms with Crippen LogP contribution in [0, 0.1) is 9.39 Å². The second kappa shape index (κ2) is 10.6. The first-order chi connectivity index (χ1) is 15.7. The number of amides is 4. The smallest absolute Gasteiger partial charge is 0.329 e. The Balaban J connectivity index is 1.77. The van der Waals surface area contributed by atoms with E-state index in [1.807, 2.05) is 13.8 Å². The molecule has 0 unspecified atom stereocenters. The van der Waals surface area contributed by atoms with Crippen molar-refractivity contribution in [3.63, 3.8) is 0 Å². The SMILES string of the molecule is CC[C@@H](C)Oc1c(I)cc(/C=C2/NC(=O)N(CC(=O)Nc3ccccc3F)C2=O)cc1OC. The van der Waals surface area contributed by atoms with Gasteiger partial charge in [-0.05, 0) is 71.8 Å². The molecule has 0 spiro atoms. The molecule has 2 aromatic rings. The lowest BCUT2D eigenvalue weighted by molar-refractivity contribution is -0.127. The summed E-state index contributed by atoms with van der Waals surface area (Å²) in [5.74, 6) is -0.895. The molecular weight excluding hydrogens is 544 g/mol. The lowest BCUT2D eigenvalue weighted by Gasteiger charge is -2.17. The molecule has 0 aromatic heterocycles. The van der Waals surface area contributed by atoms with E-state index in [1.165, 1.54) is 31.4 Å². The molecular formula is C23H23FIN3O5. The Hall–Kier alpha value is -3.15. The normalized spacial score (nSPS) is 15.4. The van der Waals surface area contributed by atoms with Crippen molar-refractivity contribution < 1.29 is 28.2 Å². The molecule has 4 amide bonds. The Morgan fingerprint density at radius 1 is 1.30 bits per heavy atom. The number of para-hydroxylation sites is 1. The van der Waals surface area contributed by atoms with Gasteiger partial charge in [0, 0.05) is 0 Å². The number of carbonyl (C=O) groups is 3. The van der Waals surface area contributed by atoms with Gasteiger partial charge in [0.15, 0.2) is 11.5 Å². The van der Waals surface area contributed by atoms with Crippen LogP contribution in [-0.2, 0) is 9.59 Å². The summed E-state index contributed by atoms with van der Waals surface area (Å²) in [6.07, 6.45) is 2.31. The van der Waals surface area contributed by atoms with E-state index < -0.39 is 30.2 Å². The fourth-order valence-electron chi connectivity index (χ4n) is 3.00. The van der Waals surface area contributed by atoms with Crippen LogP contribution in [0.15, 0.2) is 42.1 Å². The highest BCUT2D eigenvalue weighted by Crippen LogP contribution is 2.35. The topological polar surface area (TPSA) is 97.0 Å². The van der Waals surface area contributed by atoms with E-state index in [-0.39, 0.29) is 17.5 Å². The van der Waals surface area contributed by atoms with Crippen molar-refractivity contribution in [3.8, 4) is 11.5 Å². The number of ether oxygens (including phenoxy) is 2. The molecule has 1 atom stereocenters. The third kappa shape index (κ3) is 5.81. The van der Waals surface area contributed by atoms with Gasteiger partial charge in [0.05, 0.1) is 22.5 Å². The van der Waals surface area contributed by atoms with Crippen molar-refractivity contribution in [2.75, 3.05) is 19.0 Å². The number of rotatable bonds is 8. The number of hydrogen-bond acceptors (Lipinski definition) is 5. The van der Waals surface area contributed by atoms with E-state index >= 15 is 0 Å². The van der Waals surface area contributed by atoms with Crippen LogP contribution in [0.3, 0.4) is 0 Å². The van der Waals surface area contributed by atoms with Crippen LogP contribution < -0.4 is 20.1 Å². The molecule has 1 aliphatic heterocycles. The molecule has 10 heteroatoms. The van der Waals surface area contributed by atoms with Gasteiger partial charge in [-0.15, -0.1) is 0 Å². The van der Waals surface area contributed by atoms with Gasteiger partial charge in [0.1, 0.15) is 18.1 Å². The minimum atomic E-state index is -0.742. The van der Waals surface area contributed by atoms with Crippen LogP contribution in [-0.4, -0.2) is 42.5 Å². The molecule has 8 nitrogen and oxygen atoms in total. The van der Waals surface area contributed by atoms with Crippen molar-refractivity contribution in [2.45, 2.75) is 26.4 Å². The molecule has 0 saturated carbocycles. The number of methoxy groups -OCH3 is 1. The molecule has 2 N–H and O–H groups in total. The molecule has 33 heavy (non-hydrogen) atoms. The van der Waals surface area contributed by atoms with Gasteiger partial charge in [-0.25, -0.2) is 14.1 Å². The third-order valence-electron chi connectivity index (χ3n) is 4.87. The highest BCUT2D eigenvalue weighted by atomic mass is 127. The number of imide groups is 1. The first kappa shape index (κ1) is 24.5. The quantitative estimate of drug-likeness (QED) is 0.284. The van der Waals surface area contributed by atoms with Gasteiger partial charge in [-0.3, -0.25) is 9.59 Å². The Morgan fingerprint density at radius 3 is 2.70 bits per heavy atom. The lowest BCUT2D eigenvalue weighted by Crippen LogP contribution is -2.38. The van der Waals surface area contributed by atoms with E-state index in [1.54, 1.807) is 18.2 Å². The largest absolute Gasteiger partial charge is 0.493 e. The van der Waals surface area contributed by atoms with Gasteiger partial charge in [0.25, 0.3) is 5.91 Å². The Morgan fingerprint density at radius 2 is 2.03 bits per heavy atom. The van der Waals surface area contributed by atoms with Crippen LogP contribution in [0.4, 0.5) is 14.9 Å². The number of anilines is 1. The summed E-state index contributed by atoms with van der Waals surface area (Å²) in [4.78, 5) is 38.0. The van der Waals surface area contributed by atoms with Crippen molar-refractivity contribution >= 4 is 52.2 Å². The van der Waals surface area contributed by atoms with Crippen LogP contribution in [0.2, 0.25) is 0 Å². The number of halogens is 2. The van der Waals surface area contributed by atoms with Crippen molar-refractivity contribution in [1.29, 1.82) is 0 Å². The molecule has 1 fully saturated rings. The zero-order valence-corrected chi connectivity index (χ0v) is 20.4. The summed E-state index contributed by atoms with van der Waals surface area (Å²) < 4.78 is 25.9. The molecule has 1 aliphatic rings. The Bertz CT molecular complexity index is 1120. The van der Waals surface area contributed by atoms with E-state index in [0.717, 1.165) is 14.9 Å². The predicted octanol–water partition coefficient (Wildman–Crippen LogP) is 4.15. The second-order valence-corrected chi connectivity index (χ2v) is 8.44. The summed E-state index contributed by atoms with van der Waals surface area (Å²) in [5.41, 5.74) is 0.577. The van der Waals surface area contributed by atoms with Crippen LogP contribution in [0.5, 0.6) is 11.5 Å². The van der Waals surface area contributed by atoms with Crippen LogP contribution in [0.25, 0.3) is 6.08 Å². The summed E-state index contributed by atoms with van der Waals surface area (Å²) in [7, 11) is 1.52. The Kier molecular flexibility index (Phi) is 7.90. The average molecular weight is 567 g/mol. The van der Waals surface area contributed by atoms with Gasteiger partial charge in [0.2, 0.25) is 5.91 Å². The number of urea groups is 1. The molecule has 1 saturated heterocycles. The fraction of sp³-hybridized carbons (Fsp3) is 0.261. The van der Waals surface area contributed by atoms with Gasteiger partial charge < -0.3 is 20.1 Å². The second-order valence-electron chi connectivity index (χ2n) is 7.28. The molecule has 1 heterocycles. The fourth-order valence-corrected chi connectivity index (χ4v) is 3.75. The van der Waals surface area contributed by atoms with Crippen LogP contribution in [0.1, 0.15) is 25.8 Å². The summed E-state index contributed by atoms with van der Waals surface area (Å²) >= 11 is 2.11. The predicted molar refractivity (Wildman–Crippen MR) is 129 cm³/mol. The number of hydrogen-bond donors (Lipinski definition) is 2. The Labute approximate surface area is 204 Å². The van der Waals surface area contributed by atoms with Gasteiger partial charge in [-0.2, -0.15) is 0 Å². The third-order valence-corrected chi connectivity index (χ3v) is 5.67. The number of carbonyl (C=O) groups excluding carboxylic acids is 3. The lowest BCUT2D eigenvalue weighted by atomic mass is 10.1. The number of nitrogens with one attached hydrogen (secondary N) is 2. The number of benzene rings is 2. The molecule has 0 bridgehead atoms. The maximum Gasteiger partial charge on any atom is 0.329 e. The first-order valence-electron chi connectivity index (χ1n) is 10.2. The van der Waals surface area contributed by atoms with Crippen molar-refractivity contribution in [3.05, 3.63) is 57.0 Å². The minimum absolute atomic E-state index is 0.00335. The highest BCUT2D eigenvalue weighted by Gasteiger charge is 2.35. The molecule has 2 aromatic carbocycles. The van der Waals surface area contributed by atoms with E-state index in [9.17, 15) is 18.8 Å². The number of nitrogens with zero attached hydrogens (tertiary/aromatic N) is 1. The van der Waals surface area contributed by atoms with E-state index in [2.05, 4.69) is 33.2 Å². The monoisotopic (exact) mass is 567 g/mol. The molecule has 0 aliphatic carbocycles. The van der Waals surface area contributed by atoms with E-state index in [0.29, 0.717) is 17.1 Å². The van der Waals surface area contributed by atoms with Gasteiger partial charge in [-0.1, -0.05) is 19.1 Å². The van der Waals surface area contributed by atoms with Crippen molar-refractivity contribution in [2.24, 2.45) is 0 Å². The minimum Gasteiger partial charge on any atom is -0.493 e. The zero-order chi connectivity index (χ0) is 24.1. The first-order valence-corrected chi connectivity index (χ1v) is 11.2. The molecule has 3 rings (SSSR count). The maximum absolute atomic E-state index is 13.7.